The van der Waals surface area contributed by atoms with E-state index >= 15 is 0 Å². The Balaban J connectivity index is 1.63. The molecule has 1 saturated heterocycles. The molecule has 1 amide bonds. The average molecular weight is 368 g/mol. The summed E-state index contributed by atoms with van der Waals surface area (Å²) in [7, 11) is 0. The molecule has 0 bridgehead atoms. The molecule has 6 nitrogen and oxygen atoms in total. The van der Waals surface area contributed by atoms with Gasteiger partial charge in [0.05, 0.1) is 6.04 Å². The predicted octanol–water partition coefficient (Wildman–Crippen LogP) is 2.77. The van der Waals surface area contributed by atoms with Crippen LogP contribution in [0.4, 0.5) is 4.39 Å². The van der Waals surface area contributed by atoms with Crippen molar-refractivity contribution >= 4 is 11.6 Å². The molecule has 1 N–H and O–H groups in total. The van der Waals surface area contributed by atoms with Gasteiger partial charge < -0.3 is 10.0 Å². The third-order valence-corrected chi connectivity index (χ3v) is 5.00. The van der Waals surface area contributed by atoms with Crippen LogP contribution < -0.4 is 0 Å². The number of piperidine rings is 1. The van der Waals surface area contributed by atoms with Crippen LogP contribution in [0.15, 0.2) is 42.7 Å². The minimum Gasteiger partial charge on any atom is -0.396 e. The van der Waals surface area contributed by atoms with E-state index in [-0.39, 0.29) is 24.4 Å². The second-order valence-electron chi connectivity index (χ2n) is 6.83. The molecular formula is C20H21FN4O2. The number of halogens is 1. The van der Waals surface area contributed by atoms with Gasteiger partial charge in [0.1, 0.15) is 5.82 Å². The Bertz CT molecular complexity index is 954. The van der Waals surface area contributed by atoms with E-state index in [0.29, 0.717) is 24.3 Å². The van der Waals surface area contributed by atoms with Crippen LogP contribution in [0.5, 0.6) is 0 Å². The molecule has 1 aliphatic heterocycles. The Labute approximate surface area is 156 Å². The first-order valence-electron chi connectivity index (χ1n) is 9.17. The lowest BCUT2D eigenvalue weighted by atomic mass is 9.95. The topological polar surface area (TPSA) is 70.7 Å². The molecule has 140 valence electrons. The molecule has 27 heavy (non-hydrogen) atoms. The van der Waals surface area contributed by atoms with Gasteiger partial charge >= 0.3 is 0 Å². The van der Waals surface area contributed by atoms with E-state index in [4.69, 9.17) is 5.11 Å². The summed E-state index contributed by atoms with van der Waals surface area (Å²) >= 11 is 0. The molecule has 0 saturated carbocycles. The highest BCUT2D eigenvalue weighted by Crippen LogP contribution is 2.32. The normalized spacial score (nSPS) is 17.4. The molecule has 7 heteroatoms. The number of rotatable bonds is 4. The Morgan fingerprint density at radius 3 is 2.85 bits per heavy atom. The van der Waals surface area contributed by atoms with Crippen LogP contribution >= 0.6 is 0 Å². The first-order valence-corrected chi connectivity index (χ1v) is 9.17. The summed E-state index contributed by atoms with van der Waals surface area (Å²) in [6, 6.07) is 7.97. The first kappa shape index (κ1) is 17.6. The predicted molar refractivity (Wildman–Crippen MR) is 97.8 cm³/mol. The number of aliphatic hydroxyl groups excluding tert-OH is 1. The van der Waals surface area contributed by atoms with E-state index in [1.807, 2.05) is 4.90 Å². The van der Waals surface area contributed by atoms with Crippen molar-refractivity contribution < 1.29 is 14.3 Å². The minimum absolute atomic E-state index is 0.0351. The number of carbonyl (C=O) groups is 1. The molecular weight excluding hydrogens is 347 g/mol. The largest absolute Gasteiger partial charge is 0.396 e. The van der Waals surface area contributed by atoms with Gasteiger partial charge in [0.25, 0.3) is 5.91 Å². The van der Waals surface area contributed by atoms with Crippen molar-refractivity contribution in [2.45, 2.75) is 31.7 Å². The molecule has 0 unspecified atom stereocenters. The number of aliphatic hydroxyl groups is 1. The molecule has 0 radical (unpaired) electrons. The number of hydrogen-bond donors (Lipinski definition) is 1. The molecule has 4 rings (SSSR count). The fourth-order valence-electron chi connectivity index (χ4n) is 3.63. The number of likely N-dealkylation sites (tertiary alicyclic amines) is 1. The van der Waals surface area contributed by atoms with Crippen molar-refractivity contribution in [2.24, 2.45) is 0 Å². The van der Waals surface area contributed by atoms with Crippen LogP contribution in [0.1, 0.15) is 46.9 Å². The van der Waals surface area contributed by atoms with E-state index in [1.54, 1.807) is 35.1 Å². The highest BCUT2D eigenvalue weighted by Gasteiger charge is 2.30. The van der Waals surface area contributed by atoms with Crippen molar-refractivity contribution in [3.63, 3.8) is 0 Å². The number of nitrogens with zero attached hydrogens (tertiary/aromatic N) is 4. The Kier molecular flexibility index (Phi) is 4.85. The SMILES string of the molecule is O=C(c1cc2ncc(CCO)cn2n1)N1CCCC[C@H]1c1ccc(F)cc1. The summed E-state index contributed by atoms with van der Waals surface area (Å²) in [5.41, 5.74) is 2.74. The lowest BCUT2D eigenvalue weighted by molar-refractivity contribution is 0.0605. The van der Waals surface area contributed by atoms with Crippen LogP contribution in [-0.4, -0.2) is 43.7 Å². The minimum atomic E-state index is -0.280. The van der Waals surface area contributed by atoms with E-state index in [2.05, 4.69) is 10.1 Å². The lowest BCUT2D eigenvalue weighted by Crippen LogP contribution is -2.38. The van der Waals surface area contributed by atoms with Gasteiger partial charge in [-0.2, -0.15) is 5.10 Å². The monoisotopic (exact) mass is 368 g/mol. The zero-order chi connectivity index (χ0) is 18.8. The van der Waals surface area contributed by atoms with Gasteiger partial charge in [-0.15, -0.1) is 0 Å². The van der Waals surface area contributed by atoms with E-state index in [0.717, 1.165) is 30.4 Å². The van der Waals surface area contributed by atoms with Gasteiger partial charge in [-0.1, -0.05) is 12.1 Å². The Hall–Kier alpha value is -2.80. The van der Waals surface area contributed by atoms with Crippen LogP contribution in [0.25, 0.3) is 5.65 Å². The van der Waals surface area contributed by atoms with E-state index < -0.39 is 0 Å². The Morgan fingerprint density at radius 1 is 1.26 bits per heavy atom. The van der Waals surface area contributed by atoms with Gasteiger partial charge in [-0.05, 0) is 48.9 Å². The Morgan fingerprint density at radius 2 is 2.07 bits per heavy atom. The maximum Gasteiger partial charge on any atom is 0.274 e. The first-order chi connectivity index (χ1) is 13.2. The van der Waals surface area contributed by atoms with Gasteiger partial charge in [0, 0.05) is 31.6 Å². The number of amides is 1. The summed E-state index contributed by atoms with van der Waals surface area (Å²) in [4.78, 5) is 19.3. The summed E-state index contributed by atoms with van der Waals surface area (Å²) in [5.74, 6) is -0.421. The fourth-order valence-corrected chi connectivity index (χ4v) is 3.63. The fraction of sp³-hybridized carbons (Fsp3) is 0.350. The van der Waals surface area contributed by atoms with E-state index in [9.17, 15) is 9.18 Å². The summed E-state index contributed by atoms with van der Waals surface area (Å²) in [6.45, 7) is 0.686. The van der Waals surface area contributed by atoms with Gasteiger partial charge in [0.2, 0.25) is 0 Å². The van der Waals surface area contributed by atoms with Gasteiger partial charge in [0.15, 0.2) is 11.3 Å². The average Bonchev–Trinajstić information content (AvgIpc) is 3.12. The standard InChI is InChI=1S/C20H21FN4O2/c21-16-6-4-15(5-7-16)18-3-1-2-9-24(18)20(27)17-11-19-22-12-14(8-10-26)13-25(19)23-17/h4-7,11-13,18,26H,1-3,8-10H2/t18-/m0/s1. The van der Waals surface area contributed by atoms with Gasteiger partial charge in [-0.25, -0.2) is 13.9 Å². The van der Waals surface area contributed by atoms with E-state index in [1.165, 1.54) is 12.1 Å². The number of benzene rings is 1. The van der Waals surface area contributed by atoms with Crippen molar-refractivity contribution in [2.75, 3.05) is 13.2 Å². The highest BCUT2D eigenvalue weighted by molar-refractivity contribution is 5.93. The van der Waals surface area contributed by atoms with Crippen LogP contribution in [0.3, 0.4) is 0 Å². The van der Waals surface area contributed by atoms with Crippen molar-refractivity contribution in [1.29, 1.82) is 0 Å². The maximum absolute atomic E-state index is 13.3. The quantitative estimate of drug-likeness (QED) is 0.769. The number of fused-ring (bicyclic) bond motifs is 1. The molecule has 1 fully saturated rings. The second kappa shape index (κ2) is 7.44. The summed E-state index contributed by atoms with van der Waals surface area (Å²) in [5, 5.41) is 13.5. The second-order valence-corrected chi connectivity index (χ2v) is 6.83. The van der Waals surface area contributed by atoms with Gasteiger partial charge in [-0.3, -0.25) is 4.79 Å². The molecule has 1 aromatic carbocycles. The number of hydrogen-bond acceptors (Lipinski definition) is 4. The van der Waals surface area contributed by atoms with Crippen molar-refractivity contribution in [3.05, 3.63) is 65.4 Å². The number of aromatic nitrogens is 3. The van der Waals surface area contributed by atoms with Crippen LogP contribution in [-0.2, 0) is 6.42 Å². The molecule has 2 aromatic heterocycles. The maximum atomic E-state index is 13.3. The van der Waals surface area contributed by atoms with Crippen molar-refractivity contribution in [1.82, 2.24) is 19.5 Å². The smallest absolute Gasteiger partial charge is 0.274 e. The third-order valence-electron chi connectivity index (χ3n) is 5.00. The number of carbonyl (C=O) groups excluding carboxylic acids is 1. The van der Waals surface area contributed by atoms with Crippen molar-refractivity contribution in [3.8, 4) is 0 Å². The molecule has 3 aromatic rings. The summed E-state index contributed by atoms with van der Waals surface area (Å²) in [6.07, 6.45) is 6.78. The molecule has 1 atom stereocenters. The molecule has 0 spiro atoms. The lowest BCUT2D eigenvalue weighted by Gasteiger charge is -2.35. The highest BCUT2D eigenvalue weighted by atomic mass is 19.1. The molecule has 3 heterocycles. The van der Waals surface area contributed by atoms with Crippen LogP contribution in [0.2, 0.25) is 0 Å². The molecule has 0 aliphatic carbocycles. The third kappa shape index (κ3) is 3.55. The summed E-state index contributed by atoms with van der Waals surface area (Å²) < 4.78 is 14.8. The zero-order valence-electron chi connectivity index (χ0n) is 14.9. The van der Waals surface area contributed by atoms with Crippen LogP contribution in [0, 0.1) is 5.82 Å². The zero-order valence-corrected chi connectivity index (χ0v) is 14.9. The molecule has 1 aliphatic rings.